The highest BCUT2D eigenvalue weighted by atomic mass is 79.9. The maximum atomic E-state index is 13.0. The van der Waals surface area contributed by atoms with Crippen molar-refractivity contribution in [2.24, 2.45) is 0 Å². The van der Waals surface area contributed by atoms with Gasteiger partial charge in [0, 0.05) is 48.7 Å². The van der Waals surface area contributed by atoms with Gasteiger partial charge in [0.2, 0.25) is 5.91 Å². The third-order valence-corrected chi connectivity index (χ3v) is 6.97. The summed E-state index contributed by atoms with van der Waals surface area (Å²) < 4.78 is 6.46. The zero-order valence-electron chi connectivity index (χ0n) is 16.3. The first-order valence-corrected chi connectivity index (χ1v) is 11.2. The summed E-state index contributed by atoms with van der Waals surface area (Å²) in [4.78, 5) is 19.7. The number of carbonyl (C=O) groups excluding carboxylic acids is 1. The number of hydrogen-bond acceptors (Lipinski definition) is 5. The van der Waals surface area contributed by atoms with Crippen molar-refractivity contribution in [3.05, 3.63) is 34.3 Å². The van der Waals surface area contributed by atoms with E-state index in [4.69, 9.17) is 4.74 Å². The van der Waals surface area contributed by atoms with Gasteiger partial charge in [-0.2, -0.15) is 0 Å². The van der Waals surface area contributed by atoms with Crippen LogP contribution in [0.4, 0.5) is 0 Å². The van der Waals surface area contributed by atoms with Crippen molar-refractivity contribution in [2.75, 3.05) is 59.1 Å². The number of aliphatic hydroxyl groups excluding tert-OH is 1. The Morgan fingerprint density at radius 1 is 1.11 bits per heavy atom. The van der Waals surface area contributed by atoms with Gasteiger partial charge in [0.15, 0.2) is 0 Å². The molecule has 6 nitrogen and oxygen atoms in total. The minimum absolute atomic E-state index is 0.153. The number of fused-ring (bicyclic) bond motifs is 1. The van der Waals surface area contributed by atoms with Gasteiger partial charge in [-0.15, -0.1) is 0 Å². The Labute approximate surface area is 175 Å². The van der Waals surface area contributed by atoms with Crippen LogP contribution in [0.15, 0.2) is 28.7 Å². The summed E-state index contributed by atoms with van der Waals surface area (Å²) in [5.41, 5.74) is 1.25. The molecule has 0 saturated carbocycles. The van der Waals surface area contributed by atoms with Crippen LogP contribution in [-0.4, -0.2) is 96.9 Å². The van der Waals surface area contributed by atoms with Crippen LogP contribution in [-0.2, 0) is 9.53 Å². The molecular weight excluding hydrogens is 422 g/mol. The minimum Gasteiger partial charge on any atom is -0.395 e. The molecule has 0 aliphatic carbocycles. The van der Waals surface area contributed by atoms with E-state index in [1.54, 1.807) is 0 Å². The number of nitrogens with zero attached hydrogens (tertiary/aromatic N) is 3. The quantitative estimate of drug-likeness (QED) is 0.751. The number of amides is 1. The predicted octanol–water partition coefficient (Wildman–Crippen LogP) is 1.53. The number of hydrogen-bond donors (Lipinski definition) is 1. The predicted molar refractivity (Wildman–Crippen MR) is 111 cm³/mol. The smallest absolute Gasteiger partial charge is 0.236 e. The van der Waals surface area contributed by atoms with E-state index in [0.717, 1.165) is 50.0 Å². The van der Waals surface area contributed by atoms with Crippen LogP contribution < -0.4 is 0 Å². The van der Waals surface area contributed by atoms with E-state index in [-0.39, 0.29) is 30.5 Å². The van der Waals surface area contributed by atoms with E-state index < -0.39 is 0 Å². The molecule has 0 radical (unpaired) electrons. The molecule has 3 atom stereocenters. The van der Waals surface area contributed by atoms with Gasteiger partial charge in [0.25, 0.3) is 0 Å². The Kier molecular flexibility index (Phi) is 6.68. The maximum Gasteiger partial charge on any atom is 0.236 e. The molecule has 3 heterocycles. The molecule has 3 saturated heterocycles. The maximum absolute atomic E-state index is 13.0. The monoisotopic (exact) mass is 451 g/mol. The summed E-state index contributed by atoms with van der Waals surface area (Å²) in [6.45, 7) is 6.36. The topological polar surface area (TPSA) is 56.2 Å². The number of benzene rings is 1. The standard InChI is InChI=1S/C21H30BrN3O3/c22-17-5-3-16(4-6-17)21-18-13-24(7-1-2-8-25(18)19(21)15-26)20(27)14-23-9-11-28-12-10-23/h3-6,18-19,21,26H,1-2,7-15H2/t18-,19-,21+/m0/s1. The highest BCUT2D eigenvalue weighted by Gasteiger charge is 2.49. The molecule has 7 heteroatoms. The van der Waals surface area contributed by atoms with Crippen LogP contribution in [0.5, 0.6) is 0 Å². The molecule has 3 aliphatic rings. The summed E-state index contributed by atoms with van der Waals surface area (Å²) >= 11 is 3.51. The molecule has 0 aromatic heterocycles. The molecule has 28 heavy (non-hydrogen) atoms. The van der Waals surface area contributed by atoms with Crippen LogP contribution in [0, 0.1) is 0 Å². The first-order chi connectivity index (χ1) is 13.7. The van der Waals surface area contributed by atoms with E-state index in [9.17, 15) is 9.90 Å². The Balaban J connectivity index is 1.47. The summed E-state index contributed by atoms with van der Waals surface area (Å²) in [7, 11) is 0. The van der Waals surface area contributed by atoms with Crippen LogP contribution in [0.1, 0.15) is 24.3 Å². The Morgan fingerprint density at radius 3 is 2.54 bits per heavy atom. The van der Waals surface area contributed by atoms with Gasteiger partial charge in [-0.1, -0.05) is 28.1 Å². The lowest BCUT2D eigenvalue weighted by Crippen LogP contribution is -2.68. The van der Waals surface area contributed by atoms with Crippen LogP contribution in [0.25, 0.3) is 0 Å². The third kappa shape index (κ3) is 4.28. The molecule has 3 aliphatic heterocycles. The third-order valence-electron chi connectivity index (χ3n) is 6.44. The SMILES string of the molecule is O=C(CN1CCOCC1)N1CCCCN2[C@@H](CO)[C@H](c3ccc(Br)cc3)[C@@H]2C1. The molecule has 3 fully saturated rings. The Morgan fingerprint density at radius 2 is 1.82 bits per heavy atom. The molecule has 1 aromatic carbocycles. The van der Waals surface area contributed by atoms with Crippen molar-refractivity contribution < 1.29 is 14.6 Å². The van der Waals surface area contributed by atoms with Crippen LogP contribution >= 0.6 is 15.9 Å². The van der Waals surface area contributed by atoms with Crippen LogP contribution in [0.3, 0.4) is 0 Å². The second-order valence-corrected chi connectivity index (χ2v) is 8.98. The highest BCUT2D eigenvalue weighted by Crippen LogP contribution is 2.42. The molecule has 154 valence electrons. The zero-order chi connectivity index (χ0) is 19.5. The van der Waals surface area contributed by atoms with Crippen molar-refractivity contribution in [2.45, 2.75) is 30.8 Å². The summed E-state index contributed by atoms with van der Waals surface area (Å²) in [5, 5.41) is 10.0. The Bertz CT molecular complexity index is 665. The average Bonchev–Trinajstić information content (AvgIpc) is 2.69. The van der Waals surface area contributed by atoms with Crippen molar-refractivity contribution >= 4 is 21.8 Å². The minimum atomic E-state index is 0.153. The van der Waals surface area contributed by atoms with E-state index in [1.807, 2.05) is 0 Å². The van der Waals surface area contributed by atoms with Gasteiger partial charge in [-0.25, -0.2) is 0 Å². The molecule has 4 rings (SSSR count). The number of morpholine rings is 1. The van der Waals surface area contributed by atoms with Gasteiger partial charge in [-0.05, 0) is 37.1 Å². The van der Waals surface area contributed by atoms with Crippen molar-refractivity contribution in [3.63, 3.8) is 0 Å². The van der Waals surface area contributed by atoms with Gasteiger partial charge in [0.1, 0.15) is 0 Å². The zero-order valence-corrected chi connectivity index (χ0v) is 17.9. The average molecular weight is 452 g/mol. The fourth-order valence-electron chi connectivity index (χ4n) is 4.90. The molecule has 1 amide bonds. The summed E-state index contributed by atoms with van der Waals surface area (Å²) in [6, 6.07) is 8.86. The first kappa shape index (κ1) is 20.3. The molecule has 0 unspecified atom stereocenters. The van der Waals surface area contributed by atoms with E-state index >= 15 is 0 Å². The lowest BCUT2D eigenvalue weighted by atomic mass is 9.74. The van der Waals surface area contributed by atoms with Gasteiger partial charge < -0.3 is 14.7 Å². The fraction of sp³-hybridized carbons (Fsp3) is 0.667. The molecule has 0 spiro atoms. The number of carbonyl (C=O) groups is 1. The first-order valence-electron chi connectivity index (χ1n) is 10.4. The second-order valence-electron chi connectivity index (χ2n) is 8.07. The van der Waals surface area contributed by atoms with E-state index in [1.165, 1.54) is 5.56 Å². The summed E-state index contributed by atoms with van der Waals surface area (Å²) in [5.74, 6) is 0.501. The molecular formula is C21H30BrN3O3. The molecule has 1 aromatic rings. The van der Waals surface area contributed by atoms with E-state index in [2.05, 4.69) is 54.9 Å². The van der Waals surface area contributed by atoms with Gasteiger partial charge in [-0.3, -0.25) is 14.6 Å². The van der Waals surface area contributed by atoms with E-state index in [0.29, 0.717) is 19.8 Å². The lowest BCUT2D eigenvalue weighted by Gasteiger charge is -2.57. The van der Waals surface area contributed by atoms with Crippen molar-refractivity contribution in [3.8, 4) is 0 Å². The number of ether oxygens (including phenoxy) is 1. The number of rotatable bonds is 4. The fourth-order valence-corrected chi connectivity index (χ4v) is 5.17. The second kappa shape index (κ2) is 9.22. The molecule has 0 bridgehead atoms. The highest BCUT2D eigenvalue weighted by molar-refractivity contribution is 9.10. The number of halogens is 1. The lowest BCUT2D eigenvalue weighted by molar-refractivity contribution is -0.138. The molecule has 1 N–H and O–H groups in total. The van der Waals surface area contributed by atoms with Gasteiger partial charge in [0.05, 0.1) is 26.4 Å². The van der Waals surface area contributed by atoms with Crippen molar-refractivity contribution in [1.82, 2.24) is 14.7 Å². The Hall–Kier alpha value is -0.990. The van der Waals surface area contributed by atoms with Crippen molar-refractivity contribution in [1.29, 1.82) is 0 Å². The normalized spacial score (nSPS) is 29.5. The van der Waals surface area contributed by atoms with Gasteiger partial charge >= 0.3 is 0 Å². The summed E-state index contributed by atoms with van der Waals surface area (Å²) in [6.07, 6.45) is 2.10. The largest absolute Gasteiger partial charge is 0.395 e. The number of aliphatic hydroxyl groups is 1. The van der Waals surface area contributed by atoms with Crippen LogP contribution in [0.2, 0.25) is 0 Å².